The number of carboxylic acids is 2. The molecule has 0 fully saturated rings. The highest BCUT2D eigenvalue weighted by Gasteiger charge is 2.11. The second-order valence-corrected chi connectivity index (χ2v) is 6.99. The molecule has 0 spiro atoms. The minimum atomic E-state index is -3.80. The van der Waals surface area contributed by atoms with Gasteiger partial charge in [0.15, 0.2) is 5.96 Å². The van der Waals surface area contributed by atoms with E-state index in [1.54, 1.807) is 0 Å². The molecule has 29 heavy (non-hydrogen) atoms. The smallest absolute Gasteiger partial charge is 0.320 e. The van der Waals surface area contributed by atoms with Crippen molar-refractivity contribution >= 4 is 33.9 Å². The third kappa shape index (κ3) is 30.4. The van der Waals surface area contributed by atoms with Crippen LogP contribution < -0.4 is 34.4 Å². The molecule has 1 amide bonds. The molecular weight excluding hydrogens is 414 g/mol. The van der Waals surface area contributed by atoms with E-state index >= 15 is 0 Å². The predicted octanol–water partition coefficient (Wildman–Crippen LogP) is -4.05. The SMILES string of the molecule is NC(=O)CCC(N)C(=O)O.NC(N)=NCCCC(N)C(=O)O.NCCS(=O)(=O)O. The average Bonchev–Trinajstić information content (AvgIpc) is 2.55. The summed E-state index contributed by atoms with van der Waals surface area (Å²) in [5.41, 5.74) is 29.9. The number of hydrogen-bond acceptors (Lipinski definition) is 9. The van der Waals surface area contributed by atoms with Crippen molar-refractivity contribution in [3.8, 4) is 0 Å². The number of carboxylic acid groups (broad SMARTS) is 2. The van der Waals surface area contributed by atoms with Crippen LogP contribution in [0.25, 0.3) is 0 Å². The van der Waals surface area contributed by atoms with Crippen molar-refractivity contribution in [1.82, 2.24) is 0 Å². The molecule has 2 unspecified atom stereocenters. The number of rotatable bonds is 11. The van der Waals surface area contributed by atoms with Crippen LogP contribution in [0.5, 0.6) is 0 Å². The van der Waals surface area contributed by atoms with Crippen molar-refractivity contribution in [2.45, 2.75) is 37.8 Å². The van der Waals surface area contributed by atoms with Crippen molar-refractivity contribution in [1.29, 1.82) is 0 Å². The highest BCUT2D eigenvalue weighted by atomic mass is 32.2. The van der Waals surface area contributed by atoms with Crippen LogP contribution in [0.3, 0.4) is 0 Å². The van der Waals surface area contributed by atoms with Gasteiger partial charge >= 0.3 is 11.9 Å². The summed E-state index contributed by atoms with van der Waals surface area (Å²) in [7, 11) is -3.80. The van der Waals surface area contributed by atoms with Crippen LogP contribution in [0.2, 0.25) is 0 Å². The summed E-state index contributed by atoms with van der Waals surface area (Å²) in [6.45, 7) is 0.391. The molecule has 0 aliphatic rings. The predicted molar refractivity (Wildman–Crippen MR) is 105 cm³/mol. The second kappa shape index (κ2) is 17.6. The molecule has 172 valence electrons. The fourth-order valence-corrected chi connectivity index (χ4v) is 1.51. The minimum absolute atomic E-state index is 0.0129. The van der Waals surface area contributed by atoms with E-state index in [-0.39, 0.29) is 31.1 Å². The van der Waals surface area contributed by atoms with E-state index in [1.165, 1.54) is 0 Å². The molecule has 2 atom stereocenters. The van der Waals surface area contributed by atoms with Crippen molar-refractivity contribution in [2.75, 3.05) is 18.8 Å². The number of carbonyl (C=O) groups is 3. The normalized spacial score (nSPS) is 12.1. The maximum atomic E-state index is 10.2. The first-order valence-electron chi connectivity index (χ1n) is 8.09. The number of aliphatic imine (C=N–C) groups is 1. The Kier molecular flexibility index (Phi) is 18.9. The summed E-state index contributed by atoms with van der Waals surface area (Å²) >= 11 is 0. The summed E-state index contributed by atoms with van der Waals surface area (Å²) in [6.07, 6.45) is 1.08. The van der Waals surface area contributed by atoms with Crippen LogP contribution in [-0.4, -0.2) is 77.9 Å². The van der Waals surface area contributed by atoms with Gasteiger partial charge in [-0.3, -0.25) is 23.9 Å². The molecule has 0 heterocycles. The zero-order chi connectivity index (χ0) is 23.6. The molecule has 0 saturated heterocycles. The topological polar surface area (TPSA) is 315 Å². The van der Waals surface area contributed by atoms with E-state index in [4.69, 9.17) is 49.2 Å². The molecule has 0 saturated carbocycles. The van der Waals surface area contributed by atoms with Gasteiger partial charge in [0.05, 0.1) is 5.75 Å². The van der Waals surface area contributed by atoms with E-state index in [2.05, 4.69) is 4.99 Å². The summed E-state index contributed by atoms with van der Waals surface area (Å²) in [4.78, 5) is 34.0. The fourth-order valence-electron chi connectivity index (χ4n) is 1.21. The van der Waals surface area contributed by atoms with E-state index in [0.29, 0.717) is 19.4 Å². The monoisotopic (exact) mass is 445 g/mol. The van der Waals surface area contributed by atoms with Crippen LogP contribution in [0.1, 0.15) is 25.7 Å². The van der Waals surface area contributed by atoms with Gasteiger partial charge < -0.3 is 44.6 Å². The standard InChI is InChI=1S/C6H14N4O2.C5H10N2O3.C2H7NO3S/c7-4(5(11)12)2-1-3-10-6(8)9;6-3(5(9)10)1-2-4(7)8;3-1-2-7(4,5)6/h4H,1-3,7H2,(H,11,12)(H4,8,9,10);3H,1-2,6H2,(H2,7,8)(H,9,10);1-3H2,(H,4,5,6). The van der Waals surface area contributed by atoms with Gasteiger partial charge in [0.25, 0.3) is 10.1 Å². The number of guanidine groups is 1. The van der Waals surface area contributed by atoms with Crippen molar-refractivity contribution in [3.63, 3.8) is 0 Å². The third-order valence-corrected chi connectivity index (χ3v) is 3.43. The highest BCUT2D eigenvalue weighted by Crippen LogP contribution is 1.94. The molecule has 15 N–H and O–H groups in total. The lowest BCUT2D eigenvalue weighted by molar-refractivity contribution is -0.139. The van der Waals surface area contributed by atoms with Crippen LogP contribution >= 0.6 is 0 Å². The molecule has 15 nitrogen and oxygen atoms in total. The van der Waals surface area contributed by atoms with E-state index in [9.17, 15) is 22.8 Å². The number of hydrogen-bond donors (Lipinski definition) is 9. The minimum Gasteiger partial charge on any atom is -0.480 e. The number of carbonyl (C=O) groups excluding carboxylic acids is 1. The van der Waals surface area contributed by atoms with Crippen molar-refractivity contribution in [2.24, 2.45) is 39.4 Å². The molecule has 0 radical (unpaired) electrons. The summed E-state index contributed by atoms with van der Waals surface area (Å²) < 4.78 is 27.3. The molecule has 0 aliphatic carbocycles. The van der Waals surface area contributed by atoms with Gasteiger partial charge in [-0.05, 0) is 19.3 Å². The molecule has 0 bridgehead atoms. The Morgan fingerprint density at radius 2 is 1.38 bits per heavy atom. The Morgan fingerprint density at radius 3 is 1.66 bits per heavy atom. The lowest BCUT2D eigenvalue weighted by atomic mass is 10.2. The first-order valence-corrected chi connectivity index (χ1v) is 9.70. The largest absolute Gasteiger partial charge is 0.480 e. The van der Waals surface area contributed by atoms with Crippen LogP contribution in [0.15, 0.2) is 4.99 Å². The van der Waals surface area contributed by atoms with Gasteiger partial charge in [-0.25, -0.2) is 0 Å². The molecule has 0 aromatic carbocycles. The molecule has 0 aromatic heterocycles. The zero-order valence-electron chi connectivity index (χ0n) is 15.8. The third-order valence-electron chi connectivity index (χ3n) is 2.68. The molecule has 0 rings (SSSR count). The molecule has 0 aromatic rings. The lowest BCUT2D eigenvalue weighted by Crippen LogP contribution is -2.31. The second-order valence-electron chi connectivity index (χ2n) is 5.42. The summed E-state index contributed by atoms with van der Waals surface area (Å²) in [5.74, 6) is -2.98. The Hall–Kier alpha value is -2.53. The first-order chi connectivity index (χ1) is 13.1. The van der Waals surface area contributed by atoms with E-state index in [0.717, 1.165) is 0 Å². The van der Waals surface area contributed by atoms with Gasteiger partial charge in [-0.2, -0.15) is 8.42 Å². The maximum Gasteiger partial charge on any atom is 0.320 e. The van der Waals surface area contributed by atoms with Gasteiger partial charge in [0.2, 0.25) is 5.91 Å². The molecular formula is C13H31N7O8S. The lowest BCUT2D eigenvalue weighted by Gasteiger charge is -2.03. The Morgan fingerprint density at radius 1 is 0.931 bits per heavy atom. The highest BCUT2D eigenvalue weighted by molar-refractivity contribution is 7.85. The number of nitrogens with zero attached hydrogens (tertiary/aromatic N) is 1. The maximum absolute atomic E-state index is 10.2. The summed E-state index contributed by atoms with van der Waals surface area (Å²) in [6, 6.07) is -1.80. The van der Waals surface area contributed by atoms with Crippen molar-refractivity contribution < 1.29 is 37.6 Å². The van der Waals surface area contributed by atoms with Crippen LogP contribution in [-0.2, 0) is 24.5 Å². The fraction of sp³-hybridized carbons (Fsp3) is 0.692. The molecule has 0 aliphatic heterocycles. The van der Waals surface area contributed by atoms with Crippen LogP contribution in [0.4, 0.5) is 0 Å². The van der Waals surface area contributed by atoms with Gasteiger partial charge in [-0.1, -0.05) is 0 Å². The van der Waals surface area contributed by atoms with E-state index in [1.807, 2.05) is 0 Å². The number of amides is 1. The first kappa shape index (κ1) is 31.2. The quantitative estimate of drug-likeness (QED) is 0.0633. The Bertz CT molecular complexity index is 623. The summed E-state index contributed by atoms with van der Waals surface area (Å²) in [5, 5.41) is 16.6. The Balaban J connectivity index is -0.000000362. The number of aliphatic carboxylic acids is 2. The average molecular weight is 445 g/mol. The van der Waals surface area contributed by atoms with E-state index < -0.39 is 40.0 Å². The molecule has 16 heteroatoms. The number of primary amides is 1. The van der Waals surface area contributed by atoms with Gasteiger partial charge in [-0.15, -0.1) is 0 Å². The Labute approximate surface area is 168 Å². The zero-order valence-corrected chi connectivity index (χ0v) is 16.6. The van der Waals surface area contributed by atoms with Gasteiger partial charge in [0.1, 0.15) is 12.1 Å². The van der Waals surface area contributed by atoms with Crippen molar-refractivity contribution in [3.05, 3.63) is 0 Å². The van der Waals surface area contributed by atoms with Crippen LogP contribution in [0, 0.1) is 0 Å². The number of nitrogens with two attached hydrogens (primary N) is 6. The van der Waals surface area contributed by atoms with Gasteiger partial charge in [0, 0.05) is 19.5 Å².